The molecule has 0 aromatic carbocycles. The molecule has 0 spiro atoms. The van der Waals surface area contributed by atoms with Crippen molar-refractivity contribution in [2.45, 2.75) is 6.42 Å². The maximum atomic E-state index is 10.9. The lowest BCUT2D eigenvalue weighted by Gasteiger charge is -1.92. The summed E-state index contributed by atoms with van der Waals surface area (Å²) in [6.07, 6.45) is 3.06. The van der Waals surface area contributed by atoms with Crippen molar-refractivity contribution in [2.75, 3.05) is 11.1 Å². The zero-order valence-corrected chi connectivity index (χ0v) is 7.30. The lowest BCUT2D eigenvalue weighted by molar-refractivity contribution is -0.112. The average Bonchev–Trinajstić information content (AvgIpc) is 2.37. The SMILES string of the molecule is O=C(CBr)C1=CCCS1. The van der Waals surface area contributed by atoms with Crippen LogP contribution in [0.15, 0.2) is 11.0 Å². The van der Waals surface area contributed by atoms with Crippen LogP contribution in [0, 0.1) is 0 Å². The molecular formula is C6H7BrOS. The van der Waals surface area contributed by atoms with Gasteiger partial charge in [-0.15, -0.1) is 11.8 Å². The number of allylic oxidation sites excluding steroid dienone is 2. The number of Topliss-reactive ketones (excluding diaryl/α,β-unsaturated/α-hetero) is 1. The summed E-state index contributed by atoms with van der Waals surface area (Å²) in [7, 11) is 0. The maximum absolute atomic E-state index is 10.9. The molecule has 0 aromatic heterocycles. The number of alkyl halides is 1. The van der Waals surface area contributed by atoms with E-state index in [4.69, 9.17) is 0 Å². The van der Waals surface area contributed by atoms with Crippen LogP contribution in [0.3, 0.4) is 0 Å². The van der Waals surface area contributed by atoms with Crippen LogP contribution in [0.5, 0.6) is 0 Å². The van der Waals surface area contributed by atoms with E-state index in [9.17, 15) is 4.79 Å². The summed E-state index contributed by atoms with van der Waals surface area (Å²) in [6, 6.07) is 0. The van der Waals surface area contributed by atoms with Crippen LogP contribution in [-0.2, 0) is 4.79 Å². The first-order valence-electron chi connectivity index (χ1n) is 2.76. The van der Waals surface area contributed by atoms with E-state index >= 15 is 0 Å². The molecule has 1 heterocycles. The summed E-state index contributed by atoms with van der Waals surface area (Å²) >= 11 is 4.78. The molecule has 0 saturated heterocycles. The standard InChI is InChI=1S/C6H7BrOS/c7-4-5(8)6-2-1-3-9-6/h2H,1,3-4H2. The summed E-state index contributed by atoms with van der Waals surface area (Å²) in [4.78, 5) is 11.8. The fraction of sp³-hybridized carbons (Fsp3) is 0.500. The van der Waals surface area contributed by atoms with Gasteiger partial charge in [0, 0.05) is 10.7 Å². The van der Waals surface area contributed by atoms with E-state index in [1.165, 1.54) is 0 Å². The summed E-state index contributed by atoms with van der Waals surface area (Å²) in [5.74, 6) is 1.30. The predicted molar refractivity (Wildman–Crippen MR) is 44.0 cm³/mol. The first kappa shape index (κ1) is 7.35. The van der Waals surface area contributed by atoms with Crippen molar-refractivity contribution < 1.29 is 4.79 Å². The quantitative estimate of drug-likeness (QED) is 0.644. The largest absolute Gasteiger partial charge is 0.293 e. The Kier molecular flexibility index (Phi) is 2.79. The molecule has 0 N–H and O–H groups in total. The zero-order valence-electron chi connectivity index (χ0n) is 4.89. The lowest BCUT2D eigenvalue weighted by Crippen LogP contribution is -1.97. The van der Waals surface area contributed by atoms with Crippen LogP contribution in [0.1, 0.15) is 6.42 Å². The van der Waals surface area contributed by atoms with E-state index in [-0.39, 0.29) is 5.78 Å². The van der Waals surface area contributed by atoms with Crippen LogP contribution in [0.2, 0.25) is 0 Å². The Morgan fingerprint density at radius 2 is 2.67 bits per heavy atom. The van der Waals surface area contributed by atoms with Crippen LogP contribution in [-0.4, -0.2) is 16.9 Å². The average molecular weight is 207 g/mol. The molecule has 0 atom stereocenters. The van der Waals surface area contributed by atoms with Gasteiger partial charge in [-0.2, -0.15) is 0 Å². The Morgan fingerprint density at radius 3 is 3.11 bits per heavy atom. The van der Waals surface area contributed by atoms with Gasteiger partial charge in [-0.3, -0.25) is 4.79 Å². The smallest absolute Gasteiger partial charge is 0.179 e. The Balaban J connectivity index is 2.51. The fourth-order valence-electron chi connectivity index (χ4n) is 0.678. The molecule has 0 unspecified atom stereocenters. The number of ketones is 1. The normalized spacial score (nSPS) is 17.7. The number of hydrogen-bond acceptors (Lipinski definition) is 2. The van der Waals surface area contributed by atoms with Gasteiger partial charge < -0.3 is 0 Å². The van der Waals surface area contributed by atoms with Crippen molar-refractivity contribution in [3.63, 3.8) is 0 Å². The molecule has 0 bridgehead atoms. The molecule has 0 radical (unpaired) electrons. The Hall–Kier alpha value is 0.240. The predicted octanol–water partition coefficient (Wildman–Crippen LogP) is 1.97. The minimum atomic E-state index is 0.220. The van der Waals surface area contributed by atoms with Crippen molar-refractivity contribution in [1.82, 2.24) is 0 Å². The first-order valence-corrected chi connectivity index (χ1v) is 4.87. The number of halogens is 1. The molecular weight excluding hydrogens is 200 g/mol. The van der Waals surface area contributed by atoms with E-state index < -0.39 is 0 Å². The highest BCUT2D eigenvalue weighted by Gasteiger charge is 2.11. The summed E-state index contributed by atoms with van der Waals surface area (Å²) in [5.41, 5.74) is 0. The second-order valence-corrected chi connectivity index (χ2v) is 3.46. The highest BCUT2D eigenvalue weighted by atomic mass is 79.9. The highest BCUT2D eigenvalue weighted by Crippen LogP contribution is 2.25. The van der Waals surface area contributed by atoms with Gasteiger partial charge in [0.05, 0.1) is 5.33 Å². The number of thioether (sulfide) groups is 1. The van der Waals surface area contributed by atoms with Crippen molar-refractivity contribution in [3.05, 3.63) is 11.0 Å². The number of rotatable bonds is 2. The number of carbonyl (C=O) groups is 1. The van der Waals surface area contributed by atoms with Gasteiger partial charge in [0.25, 0.3) is 0 Å². The second kappa shape index (κ2) is 3.42. The van der Waals surface area contributed by atoms with Crippen LogP contribution < -0.4 is 0 Å². The molecule has 1 nitrogen and oxygen atoms in total. The number of carbonyl (C=O) groups excluding carboxylic acids is 1. The third-order valence-corrected chi connectivity index (χ3v) is 2.76. The van der Waals surface area contributed by atoms with Crippen LogP contribution in [0.25, 0.3) is 0 Å². The molecule has 0 fully saturated rings. The molecule has 50 valence electrons. The van der Waals surface area contributed by atoms with Gasteiger partial charge in [0.1, 0.15) is 0 Å². The third-order valence-electron chi connectivity index (χ3n) is 1.10. The highest BCUT2D eigenvalue weighted by molar-refractivity contribution is 9.09. The van der Waals surface area contributed by atoms with Crippen molar-refractivity contribution in [1.29, 1.82) is 0 Å². The van der Waals surface area contributed by atoms with Crippen LogP contribution in [0.4, 0.5) is 0 Å². The molecule has 0 aliphatic carbocycles. The summed E-state index contributed by atoms with van der Waals surface area (Å²) < 4.78 is 0. The van der Waals surface area contributed by atoms with E-state index in [0.717, 1.165) is 17.1 Å². The maximum Gasteiger partial charge on any atom is 0.179 e. The zero-order chi connectivity index (χ0) is 6.69. The monoisotopic (exact) mass is 206 g/mol. The van der Waals surface area contributed by atoms with Gasteiger partial charge in [0.2, 0.25) is 0 Å². The van der Waals surface area contributed by atoms with Gasteiger partial charge in [-0.05, 0) is 6.42 Å². The Morgan fingerprint density at radius 1 is 1.89 bits per heavy atom. The molecule has 0 saturated carbocycles. The van der Waals surface area contributed by atoms with E-state index in [0.29, 0.717) is 5.33 Å². The van der Waals surface area contributed by atoms with Crippen molar-refractivity contribution >= 4 is 33.5 Å². The van der Waals surface area contributed by atoms with Gasteiger partial charge >= 0.3 is 0 Å². The minimum absolute atomic E-state index is 0.220. The van der Waals surface area contributed by atoms with Gasteiger partial charge in [-0.1, -0.05) is 22.0 Å². The summed E-state index contributed by atoms with van der Waals surface area (Å²) in [5, 5.41) is 0.464. The van der Waals surface area contributed by atoms with E-state index in [2.05, 4.69) is 15.9 Å². The van der Waals surface area contributed by atoms with Crippen LogP contribution >= 0.6 is 27.7 Å². The Bertz CT molecular complexity index is 153. The van der Waals surface area contributed by atoms with Gasteiger partial charge in [0.15, 0.2) is 5.78 Å². The van der Waals surface area contributed by atoms with E-state index in [1.807, 2.05) is 6.08 Å². The fourth-order valence-corrected chi connectivity index (χ4v) is 2.09. The van der Waals surface area contributed by atoms with Crippen molar-refractivity contribution in [3.8, 4) is 0 Å². The minimum Gasteiger partial charge on any atom is -0.293 e. The molecule has 0 aromatic rings. The van der Waals surface area contributed by atoms with E-state index in [1.54, 1.807) is 11.8 Å². The second-order valence-electron chi connectivity index (χ2n) is 1.76. The topological polar surface area (TPSA) is 17.1 Å². The number of hydrogen-bond donors (Lipinski definition) is 0. The Labute approximate surface area is 67.0 Å². The molecule has 0 amide bonds. The van der Waals surface area contributed by atoms with Gasteiger partial charge in [-0.25, -0.2) is 0 Å². The molecule has 1 aliphatic heterocycles. The molecule has 9 heavy (non-hydrogen) atoms. The molecule has 1 aliphatic rings. The first-order chi connectivity index (χ1) is 4.34. The third kappa shape index (κ3) is 1.83. The lowest BCUT2D eigenvalue weighted by atomic mass is 10.3. The summed E-state index contributed by atoms with van der Waals surface area (Å²) in [6.45, 7) is 0. The molecule has 3 heteroatoms. The van der Waals surface area contributed by atoms with Crippen molar-refractivity contribution in [2.24, 2.45) is 0 Å². The molecule has 1 rings (SSSR count).